The zero-order valence-corrected chi connectivity index (χ0v) is 22.4. The molecular weight excluding hydrogens is 512 g/mol. The van der Waals surface area contributed by atoms with Gasteiger partial charge in [0.15, 0.2) is 0 Å². The number of halogens is 2. The summed E-state index contributed by atoms with van der Waals surface area (Å²) in [5.74, 6) is -0.159. The van der Waals surface area contributed by atoms with Crippen molar-refractivity contribution >= 4 is 27.7 Å². The van der Waals surface area contributed by atoms with Gasteiger partial charge in [0.25, 0.3) is 0 Å². The molecule has 1 heterocycles. The van der Waals surface area contributed by atoms with Gasteiger partial charge in [0.1, 0.15) is 36.3 Å². The molecular formula is C32H31F2N3O3. The topological polar surface area (TPSA) is 75.4 Å². The number of aromatic amines is 1. The van der Waals surface area contributed by atoms with Gasteiger partial charge >= 0.3 is 0 Å². The quantitative estimate of drug-likeness (QED) is 0.171. The summed E-state index contributed by atoms with van der Waals surface area (Å²) in [6, 6.07) is 21.5. The first-order valence-corrected chi connectivity index (χ1v) is 13.1. The second-order valence-corrected chi connectivity index (χ2v) is 9.84. The zero-order valence-electron chi connectivity index (χ0n) is 22.4. The van der Waals surface area contributed by atoms with E-state index in [0.29, 0.717) is 43.3 Å². The molecule has 6 nitrogen and oxygen atoms in total. The van der Waals surface area contributed by atoms with E-state index in [1.807, 2.05) is 18.2 Å². The lowest BCUT2D eigenvalue weighted by Crippen LogP contribution is -2.30. The predicted molar refractivity (Wildman–Crippen MR) is 152 cm³/mol. The molecule has 40 heavy (non-hydrogen) atoms. The Kier molecular flexibility index (Phi) is 8.26. The Bertz CT molecular complexity index is 1640. The number of carbonyl (C=O) groups is 1. The van der Waals surface area contributed by atoms with Crippen LogP contribution in [0.1, 0.15) is 29.2 Å². The number of hydrogen-bond donors (Lipinski definition) is 3. The van der Waals surface area contributed by atoms with Crippen LogP contribution < -0.4 is 20.1 Å². The summed E-state index contributed by atoms with van der Waals surface area (Å²) in [5.41, 5.74) is 5.65. The third kappa shape index (κ3) is 6.76. The van der Waals surface area contributed by atoms with Crippen molar-refractivity contribution in [1.29, 1.82) is 0 Å². The van der Waals surface area contributed by atoms with Crippen LogP contribution >= 0.6 is 0 Å². The van der Waals surface area contributed by atoms with E-state index in [-0.39, 0.29) is 12.5 Å². The first-order chi connectivity index (χ1) is 19.3. The second-order valence-electron chi connectivity index (χ2n) is 9.84. The molecule has 0 saturated carbocycles. The van der Waals surface area contributed by atoms with Gasteiger partial charge in [-0.15, -0.1) is 0 Å². The molecule has 0 saturated heterocycles. The molecule has 5 rings (SSSR count). The molecule has 8 heteroatoms. The molecule has 0 bridgehead atoms. The SMILES string of the molecule is CC(=O)NCCNCc1cc(OCc2ccc3[nH]c4cc(C)ccc4c3c2)ccc1OCc1cc(F)cc(F)c1. The summed E-state index contributed by atoms with van der Waals surface area (Å²) in [7, 11) is 0. The van der Waals surface area contributed by atoms with Gasteiger partial charge in [-0.2, -0.15) is 0 Å². The number of hydrogen-bond acceptors (Lipinski definition) is 4. The van der Waals surface area contributed by atoms with Crippen LogP contribution in [0.2, 0.25) is 0 Å². The first kappa shape index (κ1) is 27.1. The summed E-state index contributed by atoms with van der Waals surface area (Å²) in [5, 5.41) is 8.35. The Morgan fingerprint density at radius 1 is 0.800 bits per heavy atom. The fourth-order valence-electron chi connectivity index (χ4n) is 4.65. The average Bonchev–Trinajstić information content (AvgIpc) is 3.27. The maximum atomic E-state index is 13.6. The molecule has 1 aromatic heterocycles. The Hall–Kier alpha value is -4.43. The third-order valence-electron chi connectivity index (χ3n) is 6.56. The van der Waals surface area contributed by atoms with Crippen molar-refractivity contribution in [2.45, 2.75) is 33.6 Å². The summed E-state index contributed by atoms with van der Waals surface area (Å²) in [4.78, 5) is 14.6. The Balaban J connectivity index is 1.30. The summed E-state index contributed by atoms with van der Waals surface area (Å²) in [6.45, 7) is 5.44. The van der Waals surface area contributed by atoms with Crippen molar-refractivity contribution in [1.82, 2.24) is 15.6 Å². The van der Waals surface area contributed by atoms with Gasteiger partial charge in [-0.05, 0) is 72.1 Å². The fraction of sp³-hybridized carbons (Fsp3) is 0.219. The standard InChI is InChI=1S/C32H31F2N3O3/c1-20-3-6-28-29-14-22(4-7-30(29)37-31(28)11-20)18-39-27-5-8-32(24(15-27)17-35-9-10-36-21(2)38)40-19-23-12-25(33)16-26(34)13-23/h3-8,11-16,35,37H,9-10,17-19H2,1-2H3,(H,36,38). The van der Waals surface area contributed by atoms with Crippen LogP contribution in [0.15, 0.2) is 72.8 Å². The number of ether oxygens (including phenoxy) is 2. The highest BCUT2D eigenvalue weighted by molar-refractivity contribution is 6.07. The van der Waals surface area contributed by atoms with Crippen molar-refractivity contribution in [3.8, 4) is 11.5 Å². The van der Waals surface area contributed by atoms with Crippen LogP contribution in [0, 0.1) is 18.6 Å². The van der Waals surface area contributed by atoms with Crippen molar-refractivity contribution in [3.05, 3.63) is 107 Å². The van der Waals surface area contributed by atoms with Crippen LogP contribution in [0.4, 0.5) is 8.78 Å². The van der Waals surface area contributed by atoms with E-state index in [2.05, 4.69) is 52.9 Å². The predicted octanol–water partition coefficient (Wildman–Crippen LogP) is 6.29. The van der Waals surface area contributed by atoms with Crippen molar-refractivity contribution in [2.24, 2.45) is 0 Å². The van der Waals surface area contributed by atoms with Crippen LogP contribution in [0.3, 0.4) is 0 Å². The van der Waals surface area contributed by atoms with Crippen LogP contribution in [-0.2, 0) is 24.6 Å². The van der Waals surface area contributed by atoms with Gasteiger partial charge in [-0.1, -0.05) is 18.2 Å². The molecule has 1 amide bonds. The molecule has 0 fully saturated rings. The number of H-pyrrole nitrogens is 1. The minimum absolute atomic E-state index is 0.0118. The Labute approximate surface area is 231 Å². The lowest BCUT2D eigenvalue weighted by molar-refractivity contribution is -0.118. The first-order valence-electron chi connectivity index (χ1n) is 13.1. The molecule has 0 unspecified atom stereocenters. The van der Waals surface area contributed by atoms with E-state index in [9.17, 15) is 13.6 Å². The maximum absolute atomic E-state index is 13.6. The Morgan fingerprint density at radius 2 is 1.60 bits per heavy atom. The molecule has 3 N–H and O–H groups in total. The lowest BCUT2D eigenvalue weighted by Gasteiger charge is -2.15. The number of rotatable bonds is 11. The molecule has 0 aliphatic rings. The molecule has 0 atom stereocenters. The van der Waals surface area contributed by atoms with Crippen molar-refractivity contribution in [3.63, 3.8) is 0 Å². The Morgan fingerprint density at radius 3 is 2.40 bits per heavy atom. The highest BCUT2D eigenvalue weighted by Crippen LogP contribution is 2.29. The van der Waals surface area contributed by atoms with E-state index >= 15 is 0 Å². The van der Waals surface area contributed by atoms with E-state index in [1.165, 1.54) is 30.0 Å². The van der Waals surface area contributed by atoms with Gasteiger partial charge in [-0.3, -0.25) is 4.79 Å². The summed E-state index contributed by atoms with van der Waals surface area (Å²) >= 11 is 0. The van der Waals surface area contributed by atoms with Crippen LogP contribution in [-0.4, -0.2) is 24.0 Å². The average molecular weight is 544 g/mol. The number of benzene rings is 4. The fourth-order valence-corrected chi connectivity index (χ4v) is 4.65. The monoisotopic (exact) mass is 543 g/mol. The number of fused-ring (bicyclic) bond motifs is 3. The zero-order chi connectivity index (χ0) is 28.1. The van der Waals surface area contributed by atoms with Crippen LogP contribution in [0.5, 0.6) is 11.5 Å². The van der Waals surface area contributed by atoms with Gasteiger partial charge in [0, 0.05) is 60.0 Å². The minimum atomic E-state index is -0.650. The summed E-state index contributed by atoms with van der Waals surface area (Å²) < 4.78 is 39.3. The molecule has 206 valence electrons. The molecule has 0 spiro atoms. The molecule has 5 aromatic rings. The van der Waals surface area contributed by atoms with E-state index < -0.39 is 11.6 Å². The maximum Gasteiger partial charge on any atom is 0.216 e. The van der Waals surface area contributed by atoms with E-state index in [0.717, 1.165) is 33.6 Å². The van der Waals surface area contributed by atoms with Gasteiger partial charge in [-0.25, -0.2) is 8.78 Å². The number of amides is 1. The van der Waals surface area contributed by atoms with Gasteiger partial charge in [0.2, 0.25) is 5.91 Å². The minimum Gasteiger partial charge on any atom is -0.489 e. The lowest BCUT2D eigenvalue weighted by atomic mass is 10.1. The second kappa shape index (κ2) is 12.2. The van der Waals surface area contributed by atoms with Gasteiger partial charge in [0.05, 0.1) is 0 Å². The highest BCUT2D eigenvalue weighted by atomic mass is 19.1. The smallest absolute Gasteiger partial charge is 0.216 e. The normalized spacial score (nSPS) is 11.2. The number of carbonyl (C=O) groups excluding carboxylic acids is 1. The number of aryl methyl sites for hydroxylation is 1. The third-order valence-corrected chi connectivity index (χ3v) is 6.56. The molecule has 0 aliphatic carbocycles. The molecule has 0 aliphatic heterocycles. The van der Waals surface area contributed by atoms with Gasteiger partial charge < -0.3 is 25.1 Å². The van der Waals surface area contributed by atoms with Crippen molar-refractivity contribution in [2.75, 3.05) is 13.1 Å². The van der Waals surface area contributed by atoms with Crippen LogP contribution in [0.25, 0.3) is 21.8 Å². The van der Waals surface area contributed by atoms with E-state index in [1.54, 1.807) is 6.07 Å². The molecule has 0 radical (unpaired) electrons. The van der Waals surface area contributed by atoms with E-state index in [4.69, 9.17) is 9.47 Å². The number of aromatic nitrogens is 1. The largest absolute Gasteiger partial charge is 0.489 e. The molecule has 4 aromatic carbocycles. The highest BCUT2D eigenvalue weighted by Gasteiger charge is 2.10. The number of nitrogens with one attached hydrogen (secondary N) is 3. The van der Waals surface area contributed by atoms with Crippen molar-refractivity contribution < 1.29 is 23.0 Å². The summed E-state index contributed by atoms with van der Waals surface area (Å²) in [6.07, 6.45) is 0.